The number of hydrogen-bond donors (Lipinski definition) is 3. The van der Waals surface area contributed by atoms with Crippen molar-refractivity contribution in [3.63, 3.8) is 0 Å². The SMILES string of the molecule is Cc1cc2ccc1[C@@H](C)CCC(=O)Nc1ccc(-c3c(C)noc3C)c(c1)CN(C)C(=O)[C@@H]2Nc1ccc2cc[nH]c(=O)c2c1. The molecule has 2 aliphatic rings. The minimum atomic E-state index is -0.725. The highest BCUT2D eigenvalue weighted by Crippen LogP contribution is 2.34. The molecule has 3 N–H and O–H groups in total. The van der Waals surface area contributed by atoms with E-state index in [0.717, 1.165) is 44.5 Å². The van der Waals surface area contributed by atoms with E-state index in [4.69, 9.17) is 4.52 Å². The minimum Gasteiger partial charge on any atom is -0.370 e. The number of H-pyrrole nitrogens is 1. The Labute approximate surface area is 261 Å². The number of carbonyl (C=O) groups excluding carboxylic acids is 2. The molecule has 0 fully saturated rings. The van der Waals surface area contributed by atoms with Crippen LogP contribution in [-0.4, -0.2) is 33.9 Å². The minimum absolute atomic E-state index is 0.0535. The fourth-order valence-electron chi connectivity index (χ4n) is 6.35. The Balaban J connectivity index is 1.45. The summed E-state index contributed by atoms with van der Waals surface area (Å²) < 4.78 is 5.48. The van der Waals surface area contributed by atoms with Crippen LogP contribution >= 0.6 is 0 Å². The van der Waals surface area contributed by atoms with E-state index in [1.54, 1.807) is 24.2 Å². The van der Waals surface area contributed by atoms with Gasteiger partial charge in [0.2, 0.25) is 11.8 Å². The Bertz CT molecular complexity index is 1970. The van der Waals surface area contributed by atoms with Crippen molar-refractivity contribution in [2.24, 2.45) is 0 Å². The molecule has 0 spiro atoms. The number of pyridine rings is 1. The zero-order chi connectivity index (χ0) is 31.8. The molecule has 7 rings (SSSR count). The second kappa shape index (κ2) is 12.1. The van der Waals surface area contributed by atoms with Gasteiger partial charge in [-0.1, -0.05) is 42.4 Å². The zero-order valence-corrected chi connectivity index (χ0v) is 26.2. The van der Waals surface area contributed by atoms with E-state index in [0.29, 0.717) is 35.4 Å². The van der Waals surface area contributed by atoms with E-state index >= 15 is 0 Å². The number of rotatable bonds is 3. The number of nitrogens with zero attached hydrogens (tertiary/aromatic N) is 2. The van der Waals surface area contributed by atoms with Crippen LogP contribution in [0, 0.1) is 20.8 Å². The van der Waals surface area contributed by atoms with Crippen LogP contribution in [0.3, 0.4) is 0 Å². The van der Waals surface area contributed by atoms with E-state index in [1.807, 2.05) is 69.3 Å². The molecule has 2 amide bonds. The van der Waals surface area contributed by atoms with Crippen molar-refractivity contribution in [3.8, 4) is 11.1 Å². The van der Waals surface area contributed by atoms with Gasteiger partial charge in [0.25, 0.3) is 5.56 Å². The predicted octanol–water partition coefficient (Wildman–Crippen LogP) is 6.76. The van der Waals surface area contributed by atoms with Gasteiger partial charge in [0.15, 0.2) is 0 Å². The van der Waals surface area contributed by atoms with Gasteiger partial charge in [-0.3, -0.25) is 14.4 Å². The first-order valence-electron chi connectivity index (χ1n) is 15.2. The summed E-state index contributed by atoms with van der Waals surface area (Å²) in [5.41, 5.74) is 7.50. The second-order valence-corrected chi connectivity index (χ2v) is 12.1. The molecule has 2 atom stereocenters. The molecule has 5 aromatic rings. The molecule has 9 nitrogen and oxygen atoms in total. The summed E-state index contributed by atoms with van der Waals surface area (Å²) in [5.74, 6) is 0.620. The van der Waals surface area contributed by atoms with Crippen LogP contribution in [0.25, 0.3) is 21.9 Å². The van der Waals surface area contributed by atoms with Crippen LogP contribution < -0.4 is 16.2 Å². The number of anilines is 2. The molecule has 2 aromatic heterocycles. The number of likely N-dealkylation sites (N-methyl/N-ethyl adjacent to an activating group) is 1. The van der Waals surface area contributed by atoms with E-state index in [2.05, 4.69) is 33.8 Å². The molecule has 9 heteroatoms. The van der Waals surface area contributed by atoms with Gasteiger partial charge in [0.1, 0.15) is 11.8 Å². The molecule has 0 radical (unpaired) electrons. The topological polar surface area (TPSA) is 120 Å². The lowest BCUT2D eigenvalue weighted by Gasteiger charge is -2.28. The van der Waals surface area contributed by atoms with Crippen molar-refractivity contribution in [1.82, 2.24) is 15.0 Å². The van der Waals surface area contributed by atoms with Gasteiger partial charge >= 0.3 is 0 Å². The molecule has 0 aliphatic carbocycles. The van der Waals surface area contributed by atoms with Gasteiger partial charge in [-0.15, -0.1) is 0 Å². The Kier molecular flexibility index (Phi) is 8.01. The van der Waals surface area contributed by atoms with Gasteiger partial charge in [-0.05, 0) is 96.6 Å². The molecule has 230 valence electrons. The Morgan fingerprint density at radius 3 is 2.56 bits per heavy atom. The third-order valence-electron chi connectivity index (χ3n) is 8.77. The molecule has 0 unspecified atom stereocenters. The highest BCUT2D eigenvalue weighted by atomic mass is 16.5. The molecule has 4 bridgehead atoms. The third-order valence-corrected chi connectivity index (χ3v) is 8.77. The molecule has 45 heavy (non-hydrogen) atoms. The number of amides is 2. The maximum Gasteiger partial charge on any atom is 0.255 e. The maximum absolute atomic E-state index is 14.4. The van der Waals surface area contributed by atoms with Crippen LogP contribution in [0.15, 0.2) is 76.2 Å². The van der Waals surface area contributed by atoms with Crippen LogP contribution in [0.4, 0.5) is 11.4 Å². The van der Waals surface area contributed by atoms with Crippen LogP contribution in [0.1, 0.15) is 65.4 Å². The summed E-state index contributed by atoms with van der Waals surface area (Å²) in [6.07, 6.45) is 2.69. The number of aryl methyl sites for hydroxylation is 3. The molecular formula is C36H37N5O4. The van der Waals surface area contributed by atoms with Gasteiger partial charge in [-0.2, -0.15) is 0 Å². The summed E-state index contributed by atoms with van der Waals surface area (Å²) in [5, 5.41) is 12.0. The second-order valence-electron chi connectivity index (χ2n) is 12.1. The maximum atomic E-state index is 14.4. The summed E-state index contributed by atoms with van der Waals surface area (Å²) in [6.45, 7) is 8.19. The number of aromatic amines is 1. The normalized spacial score (nSPS) is 17.5. The number of benzene rings is 3. The van der Waals surface area contributed by atoms with Crippen LogP contribution in [0.5, 0.6) is 0 Å². The van der Waals surface area contributed by atoms with Crippen molar-refractivity contribution < 1.29 is 14.1 Å². The van der Waals surface area contributed by atoms with E-state index in [9.17, 15) is 14.4 Å². The van der Waals surface area contributed by atoms with Crippen molar-refractivity contribution in [2.45, 2.75) is 59.0 Å². The van der Waals surface area contributed by atoms with Gasteiger partial charge in [0, 0.05) is 48.5 Å². The highest BCUT2D eigenvalue weighted by Gasteiger charge is 2.27. The van der Waals surface area contributed by atoms with Crippen molar-refractivity contribution >= 4 is 34.0 Å². The quantitative estimate of drug-likeness (QED) is 0.210. The first-order chi connectivity index (χ1) is 21.6. The van der Waals surface area contributed by atoms with Crippen LogP contribution in [0.2, 0.25) is 0 Å². The fraction of sp³-hybridized carbons (Fsp3) is 0.278. The van der Waals surface area contributed by atoms with Crippen LogP contribution in [-0.2, 0) is 16.1 Å². The lowest BCUT2D eigenvalue weighted by molar-refractivity contribution is -0.131. The Morgan fingerprint density at radius 1 is 0.978 bits per heavy atom. The number of carbonyl (C=O) groups is 2. The summed E-state index contributed by atoms with van der Waals surface area (Å²) in [7, 11) is 1.77. The van der Waals surface area contributed by atoms with Crippen molar-refractivity contribution in [3.05, 3.63) is 111 Å². The monoisotopic (exact) mass is 603 g/mol. The van der Waals surface area contributed by atoms with Gasteiger partial charge < -0.3 is 25.0 Å². The first kappa shape index (κ1) is 29.9. The van der Waals surface area contributed by atoms with E-state index in [1.165, 1.54) is 0 Å². The van der Waals surface area contributed by atoms with Gasteiger partial charge in [-0.25, -0.2) is 0 Å². The molecule has 2 aliphatic heterocycles. The molecule has 3 aromatic carbocycles. The van der Waals surface area contributed by atoms with Gasteiger partial charge in [0.05, 0.1) is 5.69 Å². The third kappa shape index (κ3) is 5.98. The summed E-state index contributed by atoms with van der Waals surface area (Å²) in [4.78, 5) is 44.4. The number of hydrogen-bond acceptors (Lipinski definition) is 6. The standard InChI is InChI=1S/C36H37N5O4/c1-20-6-13-32(42)38-27-10-12-30(33-22(3)40-45-23(33)4)26(17-27)19-41(5)36(44)34(25-8-11-29(20)21(2)16-25)39-28-9-7-24-14-15-37-35(43)31(24)18-28/h7-12,14-18,20,34,39H,6,13,19H2,1-5H3,(H,37,43)(H,38,42)/t20-,34+/m0/s1. The Hall–Kier alpha value is -5.18. The van der Waals surface area contributed by atoms with E-state index in [-0.39, 0.29) is 29.8 Å². The number of fused-ring (bicyclic) bond motifs is 10. The zero-order valence-electron chi connectivity index (χ0n) is 26.2. The smallest absolute Gasteiger partial charge is 0.255 e. The van der Waals surface area contributed by atoms with Crippen molar-refractivity contribution in [1.29, 1.82) is 0 Å². The summed E-state index contributed by atoms with van der Waals surface area (Å²) in [6, 6.07) is 18.5. The largest absolute Gasteiger partial charge is 0.370 e. The lowest BCUT2D eigenvalue weighted by atomic mass is 9.89. The van der Waals surface area contributed by atoms with E-state index < -0.39 is 6.04 Å². The molecular weight excluding hydrogens is 566 g/mol. The molecule has 0 saturated carbocycles. The summed E-state index contributed by atoms with van der Waals surface area (Å²) >= 11 is 0. The van der Waals surface area contributed by atoms with Crippen molar-refractivity contribution in [2.75, 3.05) is 17.7 Å². The fourth-order valence-corrected chi connectivity index (χ4v) is 6.35. The predicted molar refractivity (Wildman–Crippen MR) is 176 cm³/mol. The average molecular weight is 604 g/mol. The average Bonchev–Trinajstić information content (AvgIpc) is 3.35. The molecule has 4 heterocycles. The Morgan fingerprint density at radius 2 is 1.80 bits per heavy atom. The number of aromatic nitrogens is 2. The first-order valence-corrected chi connectivity index (χ1v) is 15.2. The highest BCUT2D eigenvalue weighted by molar-refractivity contribution is 5.92. The molecule has 0 saturated heterocycles. The number of nitrogens with one attached hydrogen (secondary N) is 3. The lowest BCUT2D eigenvalue weighted by Crippen LogP contribution is -2.35.